The molecule has 0 aliphatic heterocycles. The maximum atomic E-state index is 4.53. The Hall–Kier alpha value is -0.990. The monoisotopic (exact) mass is 207 g/mol. The molecule has 0 unspecified atom stereocenters. The minimum atomic E-state index is 0.478. The Balaban J connectivity index is 2.06. The zero-order valence-corrected chi connectivity index (χ0v) is 10.1. The van der Waals surface area contributed by atoms with E-state index in [-0.39, 0.29) is 0 Å². The van der Waals surface area contributed by atoms with Crippen LogP contribution in [-0.2, 0) is 0 Å². The van der Waals surface area contributed by atoms with E-state index in [1.165, 1.54) is 12.8 Å². The normalized spacial score (nSPS) is 25.4. The Morgan fingerprint density at radius 2 is 2.13 bits per heavy atom. The molecular weight excluding hydrogens is 186 g/mol. The second kappa shape index (κ2) is 3.87. The zero-order valence-electron chi connectivity index (χ0n) is 10.1. The molecule has 1 aliphatic rings. The van der Waals surface area contributed by atoms with Crippen molar-refractivity contribution in [1.82, 2.24) is 9.55 Å². The second-order valence-corrected chi connectivity index (χ2v) is 5.12. The van der Waals surface area contributed by atoms with Gasteiger partial charge in [0.15, 0.2) is 0 Å². The third-order valence-electron chi connectivity index (χ3n) is 3.12. The van der Waals surface area contributed by atoms with Gasteiger partial charge < -0.3 is 9.88 Å². The van der Waals surface area contributed by atoms with Gasteiger partial charge in [0, 0.05) is 18.3 Å². The first-order valence-corrected chi connectivity index (χ1v) is 5.88. The maximum absolute atomic E-state index is 4.53. The molecule has 3 nitrogen and oxygen atoms in total. The number of hydrogen-bond donors (Lipinski definition) is 1. The van der Waals surface area contributed by atoms with Crippen molar-refractivity contribution in [3.05, 3.63) is 11.9 Å². The number of aryl methyl sites for hydroxylation is 1. The van der Waals surface area contributed by atoms with Crippen LogP contribution in [0, 0.1) is 12.8 Å². The Morgan fingerprint density at radius 1 is 1.47 bits per heavy atom. The van der Waals surface area contributed by atoms with Gasteiger partial charge in [-0.2, -0.15) is 0 Å². The molecule has 1 fully saturated rings. The van der Waals surface area contributed by atoms with E-state index in [0.717, 1.165) is 17.6 Å². The van der Waals surface area contributed by atoms with Gasteiger partial charge in [-0.05, 0) is 39.5 Å². The van der Waals surface area contributed by atoms with Crippen LogP contribution in [0.5, 0.6) is 0 Å². The van der Waals surface area contributed by atoms with Crippen molar-refractivity contribution < 1.29 is 0 Å². The van der Waals surface area contributed by atoms with Gasteiger partial charge in [-0.25, -0.2) is 4.98 Å². The summed E-state index contributed by atoms with van der Waals surface area (Å²) in [6.07, 6.45) is 4.68. The molecule has 0 aromatic carbocycles. The van der Waals surface area contributed by atoms with Crippen molar-refractivity contribution >= 4 is 5.95 Å². The molecule has 0 saturated heterocycles. The van der Waals surface area contributed by atoms with Crippen LogP contribution in [0.4, 0.5) is 5.95 Å². The number of nitrogens with zero attached hydrogens (tertiary/aromatic N) is 2. The highest BCUT2D eigenvalue weighted by Crippen LogP contribution is 2.29. The molecule has 1 aliphatic carbocycles. The van der Waals surface area contributed by atoms with Crippen LogP contribution in [0.3, 0.4) is 0 Å². The van der Waals surface area contributed by atoms with Crippen LogP contribution in [0.1, 0.15) is 45.3 Å². The van der Waals surface area contributed by atoms with Crippen LogP contribution in [0.15, 0.2) is 6.20 Å². The molecule has 0 amide bonds. The average Bonchev–Trinajstić information content (AvgIpc) is 2.44. The van der Waals surface area contributed by atoms with Gasteiger partial charge in [0.1, 0.15) is 0 Å². The topological polar surface area (TPSA) is 29.9 Å². The summed E-state index contributed by atoms with van der Waals surface area (Å²) >= 11 is 0. The van der Waals surface area contributed by atoms with Crippen molar-refractivity contribution in [2.24, 2.45) is 5.92 Å². The maximum Gasteiger partial charge on any atom is 0.203 e. The predicted molar refractivity (Wildman–Crippen MR) is 63.2 cm³/mol. The molecule has 2 rings (SSSR count). The third kappa shape index (κ3) is 2.16. The van der Waals surface area contributed by atoms with Gasteiger partial charge >= 0.3 is 0 Å². The Kier molecular flexibility index (Phi) is 2.72. The molecular formula is C12H21N3. The lowest BCUT2D eigenvalue weighted by molar-refractivity contribution is 0.307. The number of hydrogen-bond acceptors (Lipinski definition) is 2. The highest BCUT2D eigenvalue weighted by Gasteiger charge is 2.26. The number of imidazole rings is 1. The van der Waals surface area contributed by atoms with E-state index in [2.05, 4.69) is 41.8 Å². The highest BCUT2D eigenvalue weighted by molar-refractivity contribution is 5.31. The number of nitrogens with one attached hydrogen (secondary N) is 1. The number of rotatable bonds is 3. The van der Waals surface area contributed by atoms with Crippen molar-refractivity contribution in [2.45, 2.75) is 52.6 Å². The summed E-state index contributed by atoms with van der Waals surface area (Å²) in [5.41, 5.74) is 1.10. The first-order chi connectivity index (χ1) is 7.06. The second-order valence-electron chi connectivity index (χ2n) is 5.12. The first-order valence-electron chi connectivity index (χ1n) is 5.88. The standard InChI is InChI=1S/C12H21N3/c1-8(2)15-7-10(4)13-12(15)14-11-5-9(3)6-11/h7-9,11H,5-6H2,1-4H3,(H,13,14). The van der Waals surface area contributed by atoms with Crippen LogP contribution < -0.4 is 5.32 Å². The van der Waals surface area contributed by atoms with Crippen LogP contribution in [0.2, 0.25) is 0 Å². The van der Waals surface area contributed by atoms with Crippen molar-refractivity contribution in [3.63, 3.8) is 0 Å². The average molecular weight is 207 g/mol. The van der Waals surface area contributed by atoms with E-state index < -0.39 is 0 Å². The van der Waals surface area contributed by atoms with Crippen molar-refractivity contribution in [1.29, 1.82) is 0 Å². The van der Waals surface area contributed by atoms with Crippen molar-refractivity contribution in [3.8, 4) is 0 Å². The number of anilines is 1. The Morgan fingerprint density at radius 3 is 2.67 bits per heavy atom. The molecule has 0 spiro atoms. The van der Waals surface area contributed by atoms with Gasteiger partial charge in [0.25, 0.3) is 0 Å². The van der Waals surface area contributed by atoms with E-state index >= 15 is 0 Å². The largest absolute Gasteiger partial charge is 0.353 e. The first kappa shape index (κ1) is 10.5. The lowest BCUT2D eigenvalue weighted by Crippen LogP contribution is -2.34. The smallest absolute Gasteiger partial charge is 0.203 e. The minimum absolute atomic E-state index is 0.478. The SMILES string of the molecule is Cc1cn(C(C)C)c(NC2CC(C)C2)n1. The molecule has 1 aromatic heterocycles. The molecule has 0 atom stereocenters. The Bertz CT molecular complexity index is 335. The predicted octanol–water partition coefficient (Wildman–Crippen LogP) is 2.98. The van der Waals surface area contributed by atoms with Crippen LogP contribution in [0.25, 0.3) is 0 Å². The summed E-state index contributed by atoms with van der Waals surface area (Å²) in [7, 11) is 0. The molecule has 1 aromatic rings. The lowest BCUT2D eigenvalue weighted by atomic mass is 9.82. The molecule has 15 heavy (non-hydrogen) atoms. The fourth-order valence-corrected chi connectivity index (χ4v) is 2.22. The van der Waals surface area contributed by atoms with E-state index in [4.69, 9.17) is 0 Å². The van der Waals surface area contributed by atoms with Gasteiger partial charge in [-0.1, -0.05) is 6.92 Å². The molecule has 1 heterocycles. The lowest BCUT2D eigenvalue weighted by Gasteiger charge is -2.33. The summed E-state index contributed by atoms with van der Waals surface area (Å²) < 4.78 is 2.22. The van der Waals surface area contributed by atoms with E-state index in [1.807, 2.05) is 6.92 Å². The number of aromatic nitrogens is 2. The van der Waals surface area contributed by atoms with Crippen LogP contribution in [-0.4, -0.2) is 15.6 Å². The van der Waals surface area contributed by atoms with Gasteiger partial charge in [0.05, 0.1) is 5.69 Å². The molecule has 0 radical (unpaired) electrons. The summed E-state index contributed by atoms with van der Waals surface area (Å²) in [6, 6.07) is 1.12. The molecule has 1 N–H and O–H groups in total. The summed E-state index contributed by atoms with van der Waals surface area (Å²) in [6.45, 7) is 8.73. The summed E-state index contributed by atoms with van der Waals surface area (Å²) in [5, 5.41) is 3.53. The third-order valence-corrected chi connectivity index (χ3v) is 3.12. The van der Waals surface area contributed by atoms with E-state index in [9.17, 15) is 0 Å². The van der Waals surface area contributed by atoms with Crippen molar-refractivity contribution in [2.75, 3.05) is 5.32 Å². The van der Waals surface area contributed by atoms with E-state index in [1.54, 1.807) is 0 Å². The summed E-state index contributed by atoms with van der Waals surface area (Å²) in [4.78, 5) is 4.53. The molecule has 0 bridgehead atoms. The molecule has 1 saturated carbocycles. The molecule has 84 valence electrons. The summed E-state index contributed by atoms with van der Waals surface area (Å²) in [5.74, 6) is 1.92. The zero-order chi connectivity index (χ0) is 11.0. The molecule has 3 heteroatoms. The van der Waals surface area contributed by atoms with E-state index in [0.29, 0.717) is 12.1 Å². The van der Waals surface area contributed by atoms with Gasteiger partial charge in [-0.3, -0.25) is 0 Å². The Labute approximate surface area is 91.9 Å². The fraction of sp³-hybridized carbons (Fsp3) is 0.750. The quantitative estimate of drug-likeness (QED) is 0.825. The van der Waals surface area contributed by atoms with Gasteiger partial charge in [0.2, 0.25) is 5.95 Å². The van der Waals surface area contributed by atoms with Gasteiger partial charge in [-0.15, -0.1) is 0 Å². The fourth-order valence-electron chi connectivity index (χ4n) is 2.22. The highest BCUT2D eigenvalue weighted by atomic mass is 15.2. The minimum Gasteiger partial charge on any atom is -0.353 e. The van der Waals surface area contributed by atoms with Crippen LogP contribution >= 0.6 is 0 Å².